The van der Waals surface area contributed by atoms with Gasteiger partial charge in [0.1, 0.15) is 0 Å². The summed E-state index contributed by atoms with van der Waals surface area (Å²) in [5, 5.41) is 5.08. The third-order valence-corrected chi connectivity index (χ3v) is 7.73. The van der Waals surface area contributed by atoms with E-state index in [9.17, 15) is 0 Å². The quantitative estimate of drug-likeness (QED) is 0.203. The molecule has 1 heteroatoms. The van der Waals surface area contributed by atoms with E-state index in [0.717, 1.165) is 5.69 Å². The van der Waals surface area contributed by atoms with Crippen LogP contribution in [-0.2, 0) is 0 Å². The first-order valence-corrected chi connectivity index (χ1v) is 13.8. The Bertz CT molecular complexity index is 1980. The maximum Gasteiger partial charge on any atom is 0.0541 e. The Morgan fingerprint density at radius 3 is 1.73 bits per heavy atom. The van der Waals surface area contributed by atoms with Crippen LogP contribution >= 0.6 is 0 Å². The van der Waals surface area contributed by atoms with E-state index < -0.39 is 0 Å². The van der Waals surface area contributed by atoms with Crippen LogP contribution in [0.2, 0.25) is 0 Å². The van der Waals surface area contributed by atoms with Gasteiger partial charge in [0.15, 0.2) is 0 Å². The predicted octanol–water partition coefficient (Wildman–Crippen LogP) is 10.9. The SMILES string of the molecule is C/C=C\C=C/c1cc(-c2ccccc2)c2ccccc2c1-c1ccc(-n2c3ccccc3c3ccccc32)cc1. The lowest BCUT2D eigenvalue weighted by Gasteiger charge is -2.17. The van der Waals surface area contributed by atoms with Crippen molar-refractivity contribution >= 4 is 38.7 Å². The topological polar surface area (TPSA) is 4.93 Å². The number of aromatic nitrogens is 1. The molecule has 0 aliphatic carbocycles. The molecule has 0 amide bonds. The van der Waals surface area contributed by atoms with Gasteiger partial charge in [-0.2, -0.15) is 0 Å². The van der Waals surface area contributed by atoms with Crippen molar-refractivity contribution in [2.75, 3.05) is 0 Å². The molecule has 190 valence electrons. The van der Waals surface area contributed by atoms with Crippen molar-refractivity contribution in [3.05, 3.63) is 157 Å². The number of para-hydroxylation sites is 2. The second-order valence-electron chi connectivity index (χ2n) is 10.1. The summed E-state index contributed by atoms with van der Waals surface area (Å²) in [6.07, 6.45) is 8.52. The van der Waals surface area contributed by atoms with Crippen LogP contribution in [0.1, 0.15) is 12.5 Å². The summed E-state index contributed by atoms with van der Waals surface area (Å²) in [5.74, 6) is 0. The molecule has 0 unspecified atom stereocenters. The average Bonchev–Trinajstić information content (AvgIpc) is 3.36. The van der Waals surface area contributed by atoms with E-state index in [1.807, 2.05) is 0 Å². The van der Waals surface area contributed by atoms with Crippen LogP contribution in [0.25, 0.3) is 66.6 Å². The zero-order valence-electron chi connectivity index (χ0n) is 22.5. The van der Waals surface area contributed by atoms with Crippen molar-refractivity contribution in [1.82, 2.24) is 4.57 Å². The zero-order valence-corrected chi connectivity index (χ0v) is 22.5. The molecule has 0 aliphatic heterocycles. The Kier molecular flexibility index (Phi) is 6.11. The molecule has 0 saturated carbocycles. The summed E-state index contributed by atoms with van der Waals surface area (Å²) in [6.45, 7) is 2.05. The van der Waals surface area contributed by atoms with Crippen molar-refractivity contribution in [2.45, 2.75) is 6.92 Å². The van der Waals surface area contributed by atoms with Gasteiger partial charge in [0.25, 0.3) is 0 Å². The molecule has 0 fully saturated rings. The fraction of sp³-hybridized carbons (Fsp3) is 0.0256. The highest BCUT2D eigenvalue weighted by atomic mass is 15.0. The van der Waals surface area contributed by atoms with Crippen molar-refractivity contribution in [3.8, 4) is 27.9 Å². The zero-order chi connectivity index (χ0) is 26.9. The number of benzene rings is 6. The molecule has 0 bridgehead atoms. The Balaban J connectivity index is 1.44. The van der Waals surface area contributed by atoms with Crippen LogP contribution in [0.3, 0.4) is 0 Å². The van der Waals surface area contributed by atoms with Crippen LogP contribution < -0.4 is 0 Å². The minimum atomic E-state index is 1.16. The van der Waals surface area contributed by atoms with Gasteiger partial charge in [-0.15, -0.1) is 0 Å². The summed E-state index contributed by atoms with van der Waals surface area (Å²) >= 11 is 0. The fourth-order valence-corrected chi connectivity index (χ4v) is 5.96. The van der Waals surface area contributed by atoms with Gasteiger partial charge in [0.2, 0.25) is 0 Å². The lowest BCUT2D eigenvalue weighted by molar-refractivity contribution is 1.18. The van der Waals surface area contributed by atoms with Gasteiger partial charge < -0.3 is 4.57 Å². The first-order chi connectivity index (χ1) is 19.8. The van der Waals surface area contributed by atoms with Gasteiger partial charge in [-0.05, 0) is 75.8 Å². The maximum atomic E-state index is 2.37. The van der Waals surface area contributed by atoms with Gasteiger partial charge >= 0.3 is 0 Å². The molecular weight excluding hydrogens is 482 g/mol. The van der Waals surface area contributed by atoms with Crippen LogP contribution in [0.15, 0.2) is 152 Å². The Hall–Kier alpha value is -5.14. The molecule has 1 heterocycles. The highest BCUT2D eigenvalue weighted by Crippen LogP contribution is 2.40. The first kappa shape index (κ1) is 23.9. The molecule has 7 aromatic rings. The third kappa shape index (κ3) is 4.04. The second-order valence-corrected chi connectivity index (χ2v) is 10.1. The number of rotatable bonds is 5. The molecule has 0 spiro atoms. The molecule has 6 aromatic carbocycles. The molecule has 7 rings (SSSR count). The number of allylic oxidation sites excluding steroid dienone is 3. The molecule has 0 N–H and O–H groups in total. The van der Waals surface area contributed by atoms with E-state index >= 15 is 0 Å². The first-order valence-electron chi connectivity index (χ1n) is 13.8. The standard InChI is InChI=1S/C39H29N/c1-2-3-5-16-30-27-36(28-14-6-4-7-15-28)32-17-8-9-20-35(32)39(30)29-23-25-31(26-24-29)40-37-21-12-10-18-33(37)34-19-11-13-22-38(34)40/h2-27H,1H3/b3-2-,16-5-. The van der Waals surface area contributed by atoms with E-state index in [0.29, 0.717) is 0 Å². The summed E-state index contributed by atoms with van der Waals surface area (Å²) in [7, 11) is 0. The fourth-order valence-electron chi connectivity index (χ4n) is 5.96. The van der Waals surface area contributed by atoms with Crippen LogP contribution in [-0.4, -0.2) is 4.57 Å². The second kappa shape index (κ2) is 10.2. The van der Waals surface area contributed by atoms with Crippen molar-refractivity contribution < 1.29 is 0 Å². The van der Waals surface area contributed by atoms with Gasteiger partial charge in [-0.1, -0.05) is 127 Å². The highest BCUT2D eigenvalue weighted by Gasteiger charge is 2.15. The lowest BCUT2D eigenvalue weighted by atomic mass is 9.88. The van der Waals surface area contributed by atoms with Crippen LogP contribution in [0.5, 0.6) is 0 Å². The van der Waals surface area contributed by atoms with Crippen molar-refractivity contribution in [1.29, 1.82) is 0 Å². The molecule has 1 aromatic heterocycles. The highest BCUT2D eigenvalue weighted by molar-refractivity contribution is 6.10. The van der Waals surface area contributed by atoms with Gasteiger partial charge in [0.05, 0.1) is 11.0 Å². The van der Waals surface area contributed by atoms with Crippen LogP contribution in [0.4, 0.5) is 0 Å². The number of hydrogen-bond donors (Lipinski definition) is 0. The average molecular weight is 512 g/mol. The van der Waals surface area contributed by atoms with Crippen LogP contribution in [0, 0.1) is 0 Å². The van der Waals surface area contributed by atoms with E-state index in [1.54, 1.807) is 0 Å². The largest absolute Gasteiger partial charge is 0.309 e. The minimum absolute atomic E-state index is 1.16. The lowest BCUT2D eigenvalue weighted by Crippen LogP contribution is -1.95. The van der Waals surface area contributed by atoms with Gasteiger partial charge in [0, 0.05) is 16.5 Å². The molecule has 0 aliphatic rings. The van der Waals surface area contributed by atoms with Gasteiger partial charge in [-0.25, -0.2) is 0 Å². The monoisotopic (exact) mass is 511 g/mol. The summed E-state index contributed by atoms with van der Waals surface area (Å²) < 4.78 is 2.37. The van der Waals surface area contributed by atoms with Gasteiger partial charge in [-0.3, -0.25) is 0 Å². The Morgan fingerprint density at radius 1 is 0.500 bits per heavy atom. The molecule has 0 saturated heterocycles. The maximum absolute atomic E-state index is 2.37. The predicted molar refractivity (Wildman–Crippen MR) is 173 cm³/mol. The summed E-state index contributed by atoms with van der Waals surface area (Å²) in [4.78, 5) is 0. The number of hydrogen-bond acceptors (Lipinski definition) is 0. The van der Waals surface area contributed by atoms with Crippen molar-refractivity contribution in [3.63, 3.8) is 0 Å². The van der Waals surface area contributed by atoms with Crippen molar-refractivity contribution in [2.24, 2.45) is 0 Å². The molecule has 1 nitrogen and oxygen atoms in total. The van der Waals surface area contributed by atoms with E-state index in [-0.39, 0.29) is 0 Å². The normalized spacial score (nSPS) is 11.9. The van der Waals surface area contributed by atoms with E-state index in [1.165, 1.54) is 60.4 Å². The smallest absolute Gasteiger partial charge is 0.0541 e. The molecule has 0 radical (unpaired) electrons. The molecular formula is C39H29N. The summed E-state index contributed by atoms with van der Waals surface area (Å²) in [6, 6.07) is 48.2. The Morgan fingerprint density at radius 2 is 1.07 bits per heavy atom. The third-order valence-electron chi connectivity index (χ3n) is 7.73. The number of fused-ring (bicyclic) bond motifs is 4. The molecule has 0 atom stereocenters. The van der Waals surface area contributed by atoms with E-state index in [4.69, 9.17) is 0 Å². The van der Waals surface area contributed by atoms with E-state index in [2.05, 4.69) is 169 Å². The Labute approximate surface area is 235 Å². The molecule has 40 heavy (non-hydrogen) atoms. The minimum Gasteiger partial charge on any atom is -0.309 e. The summed E-state index contributed by atoms with van der Waals surface area (Å²) in [5.41, 5.74) is 9.77. The number of nitrogens with zero attached hydrogens (tertiary/aromatic N) is 1.